The Morgan fingerprint density at radius 3 is 2.56 bits per heavy atom. The van der Waals surface area contributed by atoms with Gasteiger partial charge in [0.2, 0.25) is 0 Å². The van der Waals surface area contributed by atoms with Crippen LogP contribution in [-0.2, 0) is 14.3 Å². The van der Waals surface area contributed by atoms with Gasteiger partial charge in [0.05, 0.1) is 6.54 Å². The van der Waals surface area contributed by atoms with Crippen molar-refractivity contribution in [3.63, 3.8) is 0 Å². The van der Waals surface area contributed by atoms with Crippen molar-refractivity contribution < 1.29 is 19.4 Å². The molecule has 0 rings (SSSR count). The molecule has 0 heterocycles. The van der Waals surface area contributed by atoms with Gasteiger partial charge in [-0.25, -0.2) is 4.79 Å². The normalized spacial score (nSPS) is 12.2. The van der Waals surface area contributed by atoms with E-state index in [0.717, 1.165) is 6.42 Å². The number of carbonyl (C=O) groups excluding carboxylic acids is 1. The number of likely N-dealkylation sites (N-methyl/N-ethyl adjacent to an activating group) is 1. The van der Waals surface area contributed by atoms with Gasteiger partial charge >= 0.3 is 11.9 Å². The standard InChI is InChI=1S/C11H19NO4/c1-4-5-6-7-9(11(14)15)16-10(13)8-12(2)3/h4,9H,1,5-8H2,2-3H3,(H,14,15). The van der Waals surface area contributed by atoms with Crippen molar-refractivity contribution in [2.45, 2.75) is 25.4 Å². The number of carbonyl (C=O) groups is 2. The van der Waals surface area contributed by atoms with Gasteiger partial charge in [-0.2, -0.15) is 0 Å². The van der Waals surface area contributed by atoms with Crippen LogP contribution in [0.25, 0.3) is 0 Å². The maximum absolute atomic E-state index is 11.3. The number of nitrogens with zero attached hydrogens (tertiary/aromatic N) is 1. The first-order valence-corrected chi connectivity index (χ1v) is 5.15. The number of rotatable bonds is 8. The lowest BCUT2D eigenvalue weighted by Crippen LogP contribution is -2.32. The molecular formula is C11H19NO4. The monoisotopic (exact) mass is 229 g/mol. The number of hydrogen-bond acceptors (Lipinski definition) is 4. The molecule has 0 aliphatic rings. The third-order valence-corrected chi connectivity index (χ3v) is 1.87. The lowest BCUT2D eigenvalue weighted by atomic mass is 10.1. The molecule has 0 bridgehead atoms. The van der Waals surface area contributed by atoms with Crippen molar-refractivity contribution in [1.82, 2.24) is 4.90 Å². The Hall–Kier alpha value is -1.36. The second-order valence-electron chi connectivity index (χ2n) is 3.77. The van der Waals surface area contributed by atoms with E-state index in [1.807, 2.05) is 0 Å². The average molecular weight is 229 g/mol. The molecule has 0 aliphatic heterocycles. The highest BCUT2D eigenvalue weighted by molar-refractivity contribution is 5.78. The summed E-state index contributed by atoms with van der Waals surface area (Å²) in [6, 6.07) is 0. The summed E-state index contributed by atoms with van der Waals surface area (Å²) in [5.41, 5.74) is 0. The summed E-state index contributed by atoms with van der Waals surface area (Å²) in [6.07, 6.45) is 2.35. The molecule has 0 saturated carbocycles. The molecular weight excluding hydrogens is 210 g/mol. The molecule has 0 saturated heterocycles. The molecule has 92 valence electrons. The number of hydrogen-bond donors (Lipinski definition) is 1. The zero-order chi connectivity index (χ0) is 12.6. The van der Waals surface area contributed by atoms with Crippen LogP contribution in [-0.4, -0.2) is 48.7 Å². The number of aliphatic carboxylic acids is 1. The lowest BCUT2D eigenvalue weighted by molar-refractivity contribution is -0.164. The van der Waals surface area contributed by atoms with Crippen LogP contribution in [0.5, 0.6) is 0 Å². The minimum absolute atomic E-state index is 0.0885. The fourth-order valence-corrected chi connectivity index (χ4v) is 1.13. The van der Waals surface area contributed by atoms with Crippen molar-refractivity contribution >= 4 is 11.9 Å². The number of ether oxygens (including phenoxy) is 1. The van der Waals surface area contributed by atoms with E-state index in [9.17, 15) is 9.59 Å². The summed E-state index contributed by atoms with van der Waals surface area (Å²) in [5.74, 6) is -1.62. The van der Waals surface area contributed by atoms with Gasteiger partial charge in [-0.05, 0) is 33.4 Å². The third kappa shape index (κ3) is 7.00. The van der Waals surface area contributed by atoms with Crippen LogP contribution in [0.2, 0.25) is 0 Å². The molecule has 0 aliphatic carbocycles. The molecule has 0 aromatic heterocycles. The topological polar surface area (TPSA) is 66.8 Å². The predicted octanol–water partition coefficient (Wildman–Crippen LogP) is 0.901. The van der Waals surface area contributed by atoms with E-state index in [-0.39, 0.29) is 6.54 Å². The van der Waals surface area contributed by atoms with Crippen LogP contribution in [0.4, 0.5) is 0 Å². The van der Waals surface area contributed by atoms with Gasteiger partial charge in [-0.3, -0.25) is 9.69 Å². The number of esters is 1. The summed E-state index contributed by atoms with van der Waals surface area (Å²) < 4.78 is 4.85. The zero-order valence-electron chi connectivity index (χ0n) is 9.81. The number of unbranched alkanes of at least 4 members (excludes halogenated alkanes) is 1. The van der Waals surface area contributed by atoms with Crippen molar-refractivity contribution in [3.05, 3.63) is 12.7 Å². The maximum atomic E-state index is 11.3. The van der Waals surface area contributed by atoms with Crippen molar-refractivity contribution in [2.75, 3.05) is 20.6 Å². The maximum Gasteiger partial charge on any atom is 0.345 e. The molecule has 1 unspecified atom stereocenters. The van der Waals surface area contributed by atoms with Crippen molar-refractivity contribution in [3.8, 4) is 0 Å². The van der Waals surface area contributed by atoms with E-state index >= 15 is 0 Å². The zero-order valence-corrected chi connectivity index (χ0v) is 9.81. The molecule has 1 atom stereocenters. The SMILES string of the molecule is C=CCCCC(OC(=O)CN(C)C)C(=O)O. The van der Waals surface area contributed by atoms with Crippen LogP contribution in [0.3, 0.4) is 0 Å². The Morgan fingerprint density at radius 1 is 1.50 bits per heavy atom. The number of allylic oxidation sites excluding steroid dienone is 1. The second-order valence-corrected chi connectivity index (χ2v) is 3.77. The van der Waals surface area contributed by atoms with Crippen LogP contribution in [0.1, 0.15) is 19.3 Å². The molecule has 16 heavy (non-hydrogen) atoms. The minimum atomic E-state index is -1.10. The Morgan fingerprint density at radius 2 is 2.12 bits per heavy atom. The van der Waals surface area contributed by atoms with Crippen molar-refractivity contribution in [1.29, 1.82) is 0 Å². The summed E-state index contributed by atoms with van der Waals surface area (Å²) in [5, 5.41) is 8.84. The quantitative estimate of drug-likeness (QED) is 0.380. The van der Waals surface area contributed by atoms with E-state index in [4.69, 9.17) is 9.84 Å². The highest BCUT2D eigenvalue weighted by Gasteiger charge is 2.21. The summed E-state index contributed by atoms with van der Waals surface area (Å²) in [7, 11) is 3.43. The van der Waals surface area contributed by atoms with Gasteiger partial charge < -0.3 is 9.84 Å². The molecule has 5 heteroatoms. The van der Waals surface area contributed by atoms with Crippen LogP contribution in [0.15, 0.2) is 12.7 Å². The van der Waals surface area contributed by atoms with E-state index in [2.05, 4.69) is 6.58 Å². The minimum Gasteiger partial charge on any atom is -0.479 e. The molecule has 0 aromatic carbocycles. The van der Waals surface area contributed by atoms with E-state index in [0.29, 0.717) is 12.8 Å². The number of carboxylic acid groups (broad SMARTS) is 1. The van der Waals surface area contributed by atoms with Gasteiger partial charge in [0.25, 0.3) is 0 Å². The molecule has 0 aromatic rings. The highest BCUT2D eigenvalue weighted by Crippen LogP contribution is 2.06. The van der Waals surface area contributed by atoms with Crippen LogP contribution in [0, 0.1) is 0 Å². The summed E-state index contributed by atoms with van der Waals surface area (Å²) in [6.45, 7) is 3.63. The van der Waals surface area contributed by atoms with Gasteiger partial charge in [0.15, 0.2) is 6.10 Å². The number of carboxylic acids is 1. The van der Waals surface area contributed by atoms with Crippen LogP contribution < -0.4 is 0 Å². The summed E-state index contributed by atoms with van der Waals surface area (Å²) in [4.78, 5) is 23.7. The first kappa shape index (κ1) is 14.6. The van der Waals surface area contributed by atoms with E-state index in [1.165, 1.54) is 0 Å². The van der Waals surface area contributed by atoms with E-state index in [1.54, 1.807) is 25.1 Å². The Balaban J connectivity index is 4.07. The molecule has 5 nitrogen and oxygen atoms in total. The molecule has 1 N–H and O–H groups in total. The fourth-order valence-electron chi connectivity index (χ4n) is 1.13. The third-order valence-electron chi connectivity index (χ3n) is 1.87. The predicted molar refractivity (Wildman–Crippen MR) is 60.1 cm³/mol. The smallest absolute Gasteiger partial charge is 0.345 e. The molecule has 0 amide bonds. The van der Waals surface area contributed by atoms with Crippen molar-refractivity contribution in [2.24, 2.45) is 0 Å². The Labute approximate surface area is 95.7 Å². The van der Waals surface area contributed by atoms with Gasteiger partial charge in [-0.1, -0.05) is 6.08 Å². The first-order chi connectivity index (χ1) is 7.47. The highest BCUT2D eigenvalue weighted by atomic mass is 16.6. The second kappa shape index (κ2) is 7.87. The summed E-state index contributed by atoms with van der Waals surface area (Å²) >= 11 is 0. The average Bonchev–Trinajstić information content (AvgIpc) is 2.15. The fraction of sp³-hybridized carbons (Fsp3) is 0.636. The van der Waals surface area contributed by atoms with Crippen LogP contribution >= 0.6 is 0 Å². The molecule has 0 spiro atoms. The first-order valence-electron chi connectivity index (χ1n) is 5.15. The van der Waals surface area contributed by atoms with Gasteiger partial charge in [0.1, 0.15) is 0 Å². The molecule has 0 radical (unpaired) electrons. The van der Waals surface area contributed by atoms with E-state index < -0.39 is 18.0 Å². The largest absolute Gasteiger partial charge is 0.479 e. The lowest BCUT2D eigenvalue weighted by Gasteiger charge is -2.15. The Kier molecular flexibility index (Phi) is 7.20. The van der Waals surface area contributed by atoms with Gasteiger partial charge in [0, 0.05) is 0 Å². The Bertz CT molecular complexity index is 250. The molecule has 0 fully saturated rings. The van der Waals surface area contributed by atoms with Gasteiger partial charge in [-0.15, -0.1) is 6.58 Å².